The number of rotatable bonds is 2. The van der Waals surface area contributed by atoms with Crippen molar-refractivity contribution < 1.29 is 8.78 Å². The molecule has 0 unspecified atom stereocenters. The number of aliphatic imine (C=N–C) groups is 1. The summed E-state index contributed by atoms with van der Waals surface area (Å²) in [6, 6.07) is 1.92. The van der Waals surface area contributed by atoms with Gasteiger partial charge < -0.3 is 11.1 Å². The molecule has 0 aliphatic rings. The third kappa shape index (κ3) is 3.44. The van der Waals surface area contributed by atoms with E-state index >= 15 is 0 Å². The van der Waals surface area contributed by atoms with Crippen molar-refractivity contribution in [1.29, 1.82) is 0 Å². The van der Waals surface area contributed by atoms with Crippen LogP contribution < -0.4 is 11.1 Å². The molecule has 1 aromatic rings. The first kappa shape index (κ1) is 12.9. The maximum atomic E-state index is 13.4. The predicted octanol–water partition coefficient (Wildman–Crippen LogP) is 2.86. The van der Waals surface area contributed by atoms with E-state index in [2.05, 4.69) is 26.2 Å². The molecule has 0 heterocycles. The van der Waals surface area contributed by atoms with Crippen molar-refractivity contribution in [3.05, 3.63) is 28.2 Å². The van der Waals surface area contributed by atoms with Gasteiger partial charge in [-0.25, -0.2) is 8.78 Å². The van der Waals surface area contributed by atoms with Gasteiger partial charge in [0, 0.05) is 16.6 Å². The van der Waals surface area contributed by atoms with Crippen molar-refractivity contribution in [3.63, 3.8) is 0 Å². The first-order valence-electron chi connectivity index (χ1n) is 4.65. The molecular formula is C10H12BrF2N3. The first-order valence-corrected chi connectivity index (χ1v) is 5.44. The number of hydrogen-bond donors (Lipinski definition) is 2. The quantitative estimate of drug-likeness (QED) is 0.650. The van der Waals surface area contributed by atoms with Gasteiger partial charge in [0.15, 0.2) is 11.8 Å². The maximum absolute atomic E-state index is 13.4. The van der Waals surface area contributed by atoms with Crippen LogP contribution >= 0.6 is 15.9 Å². The number of nitrogens with zero attached hydrogens (tertiary/aromatic N) is 1. The Balaban J connectivity index is 2.98. The van der Waals surface area contributed by atoms with Gasteiger partial charge in [0.05, 0.1) is 5.69 Å². The van der Waals surface area contributed by atoms with Gasteiger partial charge in [-0.05, 0) is 35.8 Å². The minimum atomic E-state index is -0.728. The number of nitrogens with one attached hydrogen (secondary N) is 1. The van der Waals surface area contributed by atoms with Crippen molar-refractivity contribution in [3.8, 4) is 0 Å². The molecule has 0 fully saturated rings. The van der Waals surface area contributed by atoms with Crippen LogP contribution in [-0.4, -0.2) is 12.0 Å². The molecule has 0 saturated carbocycles. The molecular weight excluding hydrogens is 280 g/mol. The summed E-state index contributed by atoms with van der Waals surface area (Å²) in [7, 11) is 0. The van der Waals surface area contributed by atoms with Gasteiger partial charge in [0.25, 0.3) is 0 Å². The molecule has 3 N–H and O–H groups in total. The molecule has 0 atom stereocenters. The van der Waals surface area contributed by atoms with Gasteiger partial charge in [-0.2, -0.15) is 0 Å². The van der Waals surface area contributed by atoms with E-state index in [1.165, 1.54) is 0 Å². The maximum Gasteiger partial charge on any atom is 0.193 e. The standard InChI is InChI=1S/C10H12BrF2N3/c1-5(2)15-10(14)16-9-7(11)3-6(12)4-8(9)13/h3-5H,1-2H3,(H3,14,15,16). The Bertz CT molecular complexity index is 396. The van der Waals surface area contributed by atoms with Crippen LogP contribution in [0, 0.1) is 11.6 Å². The first-order chi connectivity index (χ1) is 7.40. The highest BCUT2D eigenvalue weighted by molar-refractivity contribution is 9.10. The molecule has 6 heteroatoms. The van der Waals surface area contributed by atoms with Crippen LogP contribution in [0.15, 0.2) is 21.6 Å². The summed E-state index contributed by atoms with van der Waals surface area (Å²) in [5.41, 5.74) is 5.61. The number of guanidine groups is 1. The Morgan fingerprint density at radius 1 is 1.44 bits per heavy atom. The number of hydrogen-bond acceptors (Lipinski definition) is 1. The van der Waals surface area contributed by atoms with E-state index in [1.807, 2.05) is 13.8 Å². The lowest BCUT2D eigenvalue weighted by Crippen LogP contribution is -2.24. The summed E-state index contributed by atoms with van der Waals surface area (Å²) < 4.78 is 26.4. The second-order valence-corrected chi connectivity index (χ2v) is 4.33. The van der Waals surface area contributed by atoms with Crippen LogP contribution in [0.1, 0.15) is 13.8 Å². The van der Waals surface area contributed by atoms with Gasteiger partial charge in [0.1, 0.15) is 5.82 Å². The van der Waals surface area contributed by atoms with Crippen molar-refractivity contribution >= 4 is 27.6 Å². The van der Waals surface area contributed by atoms with Crippen LogP contribution in [0.2, 0.25) is 0 Å². The summed E-state index contributed by atoms with van der Waals surface area (Å²) >= 11 is 3.04. The van der Waals surface area contributed by atoms with Crippen LogP contribution in [-0.2, 0) is 0 Å². The number of nitrogens with two attached hydrogens (primary N) is 1. The Morgan fingerprint density at radius 2 is 2.06 bits per heavy atom. The lowest BCUT2D eigenvalue weighted by molar-refractivity contribution is 0.585. The molecule has 0 aliphatic carbocycles. The molecule has 1 rings (SSSR count). The van der Waals surface area contributed by atoms with E-state index in [4.69, 9.17) is 5.73 Å². The smallest absolute Gasteiger partial charge is 0.193 e. The highest BCUT2D eigenvalue weighted by Crippen LogP contribution is 2.26. The molecule has 0 bridgehead atoms. The number of anilines is 1. The molecule has 88 valence electrons. The normalized spacial score (nSPS) is 12.0. The average Bonchev–Trinajstić information content (AvgIpc) is 2.09. The molecule has 0 amide bonds. The Kier molecular flexibility index (Phi) is 4.23. The Morgan fingerprint density at radius 3 is 2.56 bits per heavy atom. The van der Waals surface area contributed by atoms with Crippen LogP contribution in [0.4, 0.5) is 14.5 Å². The highest BCUT2D eigenvalue weighted by atomic mass is 79.9. The molecule has 3 nitrogen and oxygen atoms in total. The topological polar surface area (TPSA) is 50.4 Å². The second kappa shape index (κ2) is 5.25. The Hall–Kier alpha value is -1.17. The molecule has 16 heavy (non-hydrogen) atoms. The van der Waals surface area contributed by atoms with Crippen LogP contribution in [0.25, 0.3) is 0 Å². The monoisotopic (exact) mass is 291 g/mol. The largest absolute Gasteiger partial charge is 0.370 e. The predicted molar refractivity (Wildman–Crippen MR) is 64.4 cm³/mol. The third-order valence-electron chi connectivity index (χ3n) is 1.66. The molecule has 1 aromatic carbocycles. The van der Waals surface area contributed by atoms with E-state index in [9.17, 15) is 8.78 Å². The highest BCUT2D eigenvalue weighted by Gasteiger charge is 2.10. The van der Waals surface area contributed by atoms with E-state index in [0.717, 1.165) is 12.1 Å². The van der Waals surface area contributed by atoms with Gasteiger partial charge in [-0.3, -0.25) is 4.99 Å². The summed E-state index contributed by atoms with van der Waals surface area (Å²) in [4.78, 5) is 3.98. The van der Waals surface area contributed by atoms with Gasteiger partial charge in [-0.1, -0.05) is 0 Å². The van der Waals surface area contributed by atoms with Crippen molar-refractivity contribution in [2.45, 2.75) is 19.9 Å². The Labute approximate surface area is 101 Å². The molecule has 0 radical (unpaired) electrons. The molecule has 0 saturated heterocycles. The van der Waals surface area contributed by atoms with Crippen LogP contribution in [0.3, 0.4) is 0 Å². The average molecular weight is 292 g/mol. The third-order valence-corrected chi connectivity index (χ3v) is 2.28. The summed E-state index contributed by atoms with van der Waals surface area (Å²) in [5, 5.41) is 2.58. The summed E-state index contributed by atoms with van der Waals surface area (Å²) in [5.74, 6) is -1.30. The van der Waals surface area contributed by atoms with Crippen molar-refractivity contribution in [1.82, 2.24) is 0 Å². The van der Waals surface area contributed by atoms with E-state index < -0.39 is 11.6 Å². The van der Waals surface area contributed by atoms with Gasteiger partial charge in [0.2, 0.25) is 0 Å². The van der Waals surface area contributed by atoms with Gasteiger partial charge in [-0.15, -0.1) is 0 Å². The minimum Gasteiger partial charge on any atom is -0.370 e. The zero-order valence-corrected chi connectivity index (χ0v) is 10.5. The lowest BCUT2D eigenvalue weighted by atomic mass is 10.3. The van der Waals surface area contributed by atoms with Gasteiger partial charge >= 0.3 is 0 Å². The minimum absolute atomic E-state index is 0.00483. The SMILES string of the molecule is CC(C)N=C(N)Nc1c(F)cc(F)cc1Br. The van der Waals surface area contributed by atoms with Crippen LogP contribution in [0.5, 0.6) is 0 Å². The fourth-order valence-corrected chi connectivity index (χ4v) is 1.61. The fraction of sp³-hybridized carbons (Fsp3) is 0.300. The summed E-state index contributed by atoms with van der Waals surface area (Å²) in [6.07, 6.45) is 0. The zero-order chi connectivity index (χ0) is 12.3. The molecule has 0 aromatic heterocycles. The lowest BCUT2D eigenvalue weighted by Gasteiger charge is -2.10. The van der Waals surface area contributed by atoms with Crippen molar-refractivity contribution in [2.24, 2.45) is 10.7 Å². The van der Waals surface area contributed by atoms with E-state index in [1.54, 1.807) is 0 Å². The van der Waals surface area contributed by atoms with E-state index in [0.29, 0.717) is 0 Å². The molecule has 0 spiro atoms. The number of benzene rings is 1. The zero-order valence-electron chi connectivity index (χ0n) is 8.89. The van der Waals surface area contributed by atoms with Crippen molar-refractivity contribution in [2.75, 3.05) is 5.32 Å². The summed E-state index contributed by atoms with van der Waals surface area (Å²) in [6.45, 7) is 3.68. The second-order valence-electron chi connectivity index (χ2n) is 3.48. The van der Waals surface area contributed by atoms with E-state index in [-0.39, 0.29) is 22.2 Å². The number of halogens is 3. The fourth-order valence-electron chi connectivity index (χ4n) is 1.10. The molecule has 0 aliphatic heterocycles.